The fraction of sp³-hybridized carbons (Fsp3) is 0.222. The van der Waals surface area contributed by atoms with E-state index in [2.05, 4.69) is 32.3 Å². The normalized spacial score (nSPS) is 13.6. The third-order valence-electron chi connectivity index (χ3n) is 4.56. The number of nitrogens with one attached hydrogen (secondary N) is 1. The van der Waals surface area contributed by atoms with Gasteiger partial charge in [-0.3, -0.25) is 10.1 Å². The first-order valence-electron chi connectivity index (χ1n) is 8.15. The average Bonchev–Trinajstić information content (AvgIpc) is 2.66. The summed E-state index contributed by atoms with van der Waals surface area (Å²) in [5, 5.41) is 15.0. The number of nitro groups is 1. The summed E-state index contributed by atoms with van der Waals surface area (Å²) >= 11 is 0. The van der Waals surface area contributed by atoms with Crippen LogP contribution < -0.4 is 10.2 Å². The van der Waals surface area contributed by atoms with Gasteiger partial charge in [-0.2, -0.15) is 0 Å². The molecule has 4 rings (SSSR count). The first kappa shape index (κ1) is 15.3. The van der Waals surface area contributed by atoms with Crippen molar-refractivity contribution in [1.82, 2.24) is 9.97 Å². The van der Waals surface area contributed by atoms with Crippen LogP contribution in [0.1, 0.15) is 12.0 Å². The lowest BCUT2D eigenvalue weighted by Crippen LogP contribution is -2.25. The Hall–Kier alpha value is -3.22. The standard InChI is InChI=1S/C18H17N5O2/c1-19-15-10-14-13(9-17(15)23(24)25)18(21-11-20-14)22-8-4-6-12-5-2-3-7-16(12)22/h2-3,5,7,9-11,19H,4,6,8H2,1H3. The molecule has 0 fully saturated rings. The van der Waals surface area contributed by atoms with Crippen LogP contribution in [0.5, 0.6) is 0 Å². The number of hydrogen-bond donors (Lipinski definition) is 1. The van der Waals surface area contributed by atoms with Crippen molar-refractivity contribution in [2.45, 2.75) is 12.8 Å². The molecule has 0 amide bonds. The fourth-order valence-corrected chi connectivity index (χ4v) is 3.40. The molecule has 1 N–H and O–H groups in total. The highest BCUT2D eigenvalue weighted by Crippen LogP contribution is 2.38. The van der Waals surface area contributed by atoms with Crippen molar-refractivity contribution in [3.05, 3.63) is 58.4 Å². The molecule has 126 valence electrons. The molecule has 2 aromatic carbocycles. The maximum atomic E-state index is 11.4. The van der Waals surface area contributed by atoms with Gasteiger partial charge in [-0.25, -0.2) is 9.97 Å². The molecule has 1 aromatic heterocycles. The molecule has 0 saturated heterocycles. The molecule has 1 aliphatic heterocycles. The van der Waals surface area contributed by atoms with Crippen molar-refractivity contribution in [2.24, 2.45) is 0 Å². The van der Waals surface area contributed by atoms with Gasteiger partial charge < -0.3 is 10.2 Å². The highest BCUT2D eigenvalue weighted by molar-refractivity contribution is 5.96. The van der Waals surface area contributed by atoms with Gasteiger partial charge in [-0.15, -0.1) is 0 Å². The number of benzene rings is 2. The Balaban J connectivity index is 1.94. The van der Waals surface area contributed by atoms with Crippen LogP contribution in [-0.4, -0.2) is 28.5 Å². The minimum absolute atomic E-state index is 0.0244. The summed E-state index contributed by atoms with van der Waals surface area (Å²) in [5.41, 5.74) is 3.52. The van der Waals surface area contributed by atoms with E-state index in [1.54, 1.807) is 19.2 Å². The lowest BCUT2D eigenvalue weighted by molar-refractivity contribution is -0.383. The molecule has 0 aliphatic carbocycles. The number of aryl methyl sites for hydroxylation is 1. The zero-order valence-corrected chi connectivity index (χ0v) is 13.8. The zero-order valence-electron chi connectivity index (χ0n) is 13.8. The molecule has 7 nitrogen and oxygen atoms in total. The SMILES string of the molecule is CNc1cc2ncnc(N3CCCc4ccccc43)c2cc1[N+](=O)[O-]. The molecule has 0 saturated carbocycles. The van der Waals surface area contributed by atoms with Crippen molar-refractivity contribution in [1.29, 1.82) is 0 Å². The zero-order chi connectivity index (χ0) is 17.4. The Morgan fingerprint density at radius 3 is 2.88 bits per heavy atom. The summed E-state index contributed by atoms with van der Waals surface area (Å²) in [6.07, 6.45) is 3.55. The molecule has 1 aliphatic rings. The monoisotopic (exact) mass is 335 g/mol. The molecule has 0 atom stereocenters. The molecule has 2 heterocycles. The van der Waals surface area contributed by atoms with E-state index in [-0.39, 0.29) is 10.6 Å². The molecular formula is C18H17N5O2. The van der Waals surface area contributed by atoms with Gasteiger partial charge in [0.05, 0.1) is 15.8 Å². The number of nitrogens with zero attached hydrogens (tertiary/aromatic N) is 4. The van der Waals surface area contributed by atoms with Gasteiger partial charge in [0.25, 0.3) is 5.69 Å². The van der Waals surface area contributed by atoms with Crippen LogP contribution in [-0.2, 0) is 6.42 Å². The Labute approximate surface area is 144 Å². The van der Waals surface area contributed by atoms with Gasteiger partial charge in [-0.05, 0) is 30.5 Å². The third-order valence-corrected chi connectivity index (χ3v) is 4.56. The number of hydrogen-bond acceptors (Lipinski definition) is 6. The van der Waals surface area contributed by atoms with Crippen molar-refractivity contribution in [3.8, 4) is 0 Å². The van der Waals surface area contributed by atoms with E-state index in [1.165, 1.54) is 11.9 Å². The average molecular weight is 335 g/mol. The number of nitro benzene ring substituents is 1. The number of rotatable bonds is 3. The Morgan fingerprint density at radius 2 is 2.08 bits per heavy atom. The second-order valence-corrected chi connectivity index (χ2v) is 5.97. The topological polar surface area (TPSA) is 84.2 Å². The minimum Gasteiger partial charge on any atom is -0.383 e. The van der Waals surface area contributed by atoms with E-state index < -0.39 is 0 Å². The van der Waals surface area contributed by atoms with E-state index >= 15 is 0 Å². The Kier molecular flexibility index (Phi) is 3.68. The van der Waals surface area contributed by atoms with Crippen LogP contribution in [0.4, 0.5) is 22.9 Å². The molecule has 3 aromatic rings. The van der Waals surface area contributed by atoms with Crippen molar-refractivity contribution >= 4 is 33.8 Å². The van der Waals surface area contributed by atoms with Crippen molar-refractivity contribution in [2.75, 3.05) is 23.8 Å². The summed E-state index contributed by atoms with van der Waals surface area (Å²) in [5.74, 6) is 0.711. The van der Waals surface area contributed by atoms with Gasteiger partial charge in [0.2, 0.25) is 0 Å². The fourth-order valence-electron chi connectivity index (χ4n) is 3.40. The van der Waals surface area contributed by atoms with Crippen LogP contribution in [0, 0.1) is 10.1 Å². The van der Waals surface area contributed by atoms with Gasteiger partial charge in [0, 0.05) is 25.3 Å². The van der Waals surface area contributed by atoms with E-state index in [0.717, 1.165) is 25.1 Å². The van der Waals surface area contributed by atoms with Crippen LogP contribution in [0.3, 0.4) is 0 Å². The second kappa shape index (κ2) is 6.01. The van der Waals surface area contributed by atoms with E-state index in [9.17, 15) is 10.1 Å². The van der Waals surface area contributed by atoms with Gasteiger partial charge >= 0.3 is 0 Å². The molecule has 0 radical (unpaired) electrons. The lowest BCUT2D eigenvalue weighted by atomic mass is 10.0. The summed E-state index contributed by atoms with van der Waals surface area (Å²) in [4.78, 5) is 21.9. The number of aromatic nitrogens is 2. The molecule has 0 spiro atoms. The van der Waals surface area contributed by atoms with E-state index in [0.29, 0.717) is 22.4 Å². The first-order chi connectivity index (χ1) is 12.2. The van der Waals surface area contributed by atoms with Crippen LogP contribution in [0.15, 0.2) is 42.7 Å². The highest BCUT2D eigenvalue weighted by atomic mass is 16.6. The van der Waals surface area contributed by atoms with Gasteiger partial charge in [-0.1, -0.05) is 18.2 Å². The van der Waals surface area contributed by atoms with Crippen LogP contribution in [0.2, 0.25) is 0 Å². The second-order valence-electron chi connectivity index (χ2n) is 5.97. The number of para-hydroxylation sites is 1. The lowest BCUT2D eigenvalue weighted by Gasteiger charge is -2.31. The highest BCUT2D eigenvalue weighted by Gasteiger charge is 2.23. The predicted octanol–water partition coefficient (Wildman–Crippen LogP) is 3.66. The first-order valence-corrected chi connectivity index (χ1v) is 8.15. The maximum absolute atomic E-state index is 11.4. The summed E-state index contributed by atoms with van der Waals surface area (Å²) in [6.45, 7) is 0.824. The summed E-state index contributed by atoms with van der Waals surface area (Å²) in [6, 6.07) is 11.5. The molecule has 0 unspecified atom stereocenters. The Morgan fingerprint density at radius 1 is 1.24 bits per heavy atom. The minimum atomic E-state index is -0.383. The van der Waals surface area contributed by atoms with Gasteiger partial charge in [0.15, 0.2) is 0 Å². The molecular weight excluding hydrogens is 318 g/mol. The Bertz CT molecular complexity index is 973. The van der Waals surface area contributed by atoms with Gasteiger partial charge in [0.1, 0.15) is 17.8 Å². The van der Waals surface area contributed by atoms with Crippen molar-refractivity contribution in [3.63, 3.8) is 0 Å². The maximum Gasteiger partial charge on any atom is 0.293 e. The van der Waals surface area contributed by atoms with E-state index in [1.807, 2.05) is 12.1 Å². The molecule has 0 bridgehead atoms. The largest absolute Gasteiger partial charge is 0.383 e. The number of anilines is 3. The smallest absolute Gasteiger partial charge is 0.293 e. The number of fused-ring (bicyclic) bond motifs is 2. The van der Waals surface area contributed by atoms with E-state index in [4.69, 9.17) is 0 Å². The quantitative estimate of drug-likeness (QED) is 0.581. The molecule has 7 heteroatoms. The van der Waals surface area contributed by atoms with Crippen LogP contribution >= 0.6 is 0 Å². The third kappa shape index (κ3) is 2.53. The van der Waals surface area contributed by atoms with Crippen LogP contribution in [0.25, 0.3) is 10.9 Å². The molecule has 25 heavy (non-hydrogen) atoms. The summed E-state index contributed by atoms with van der Waals surface area (Å²) in [7, 11) is 1.66. The predicted molar refractivity (Wildman–Crippen MR) is 97.5 cm³/mol. The summed E-state index contributed by atoms with van der Waals surface area (Å²) < 4.78 is 0. The van der Waals surface area contributed by atoms with Crippen molar-refractivity contribution < 1.29 is 4.92 Å².